The Balaban J connectivity index is 0.00000116. The second-order valence-corrected chi connectivity index (χ2v) is 5.71. The molecule has 1 aromatic heterocycles. The zero-order valence-corrected chi connectivity index (χ0v) is 14.9. The van der Waals surface area contributed by atoms with Gasteiger partial charge in [-0.1, -0.05) is 13.8 Å². The van der Waals surface area contributed by atoms with Crippen molar-refractivity contribution < 1.29 is 4.79 Å². The molecule has 2 rings (SSSR count). The molecule has 0 spiro atoms. The van der Waals surface area contributed by atoms with Crippen molar-refractivity contribution in [2.24, 2.45) is 0 Å². The van der Waals surface area contributed by atoms with Gasteiger partial charge in [-0.2, -0.15) is 0 Å². The number of aryl methyl sites for hydroxylation is 1. The van der Waals surface area contributed by atoms with Gasteiger partial charge in [0.2, 0.25) is 5.91 Å². The molecule has 0 saturated carbocycles. The smallest absolute Gasteiger partial charge is 0.224 e. The van der Waals surface area contributed by atoms with Crippen molar-refractivity contribution >= 4 is 11.6 Å². The first-order valence-electron chi connectivity index (χ1n) is 8.07. The van der Waals surface area contributed by atoms with Crippen LogP contribution in [-0.4, -0.2) is 61.5 Å². The van der Waals surface area contributed by atoms with Crippen LogP contribution in [-0.2, 0) is 11.3 Å². The lowest BCUT2D eigenvalue weighted by Crippen LogP contribution is -2.31. The Hall–Kier alpha value is -1.62. The summed E-state index contributed by atoms with van der Waals surface area (Å²) in [5.41, 5.74) is 3.29. The van der Waals surface area contributed by atoms with E-state index in [9.17, 15) is 4.79 Å². The van der Waals surface area contributed by atoms with E-state index in [0.717, 1.165) is 43.3 Å². The predicted molar refractivity (Wildman–Crippen MR) is 92.2 cm³/mol. The molecule has 0 unspecified atom stereocenters. The minimum atomic E-state index is 0.224. The maximum atomic E-state index is 11.8. The number of hydrogen-bond acceptors (Lipinski definition) is 4. The molecule has 1 aliphatic heterocycles. The fourth-order valence-electron chi connectivity index (χ4n) is 2.48. The lowest BCUT2D eigenvalue weighted by atomic mass is 10.2. The number of pyridine rings is 1. The monoisotopic (exact) mass is 306 g/mol. The van der Waals surface area contributed by atoms with Gasteiger partial charge in [-0.15, -0.1) is 0 Å². The van der Waals surface area contributed by atoms with E-state index in [2.05, 4.69) is 20.9 Å². The zero-order chi connectivity index (χ0) is 16.7. The second-order valence-electron chi connectivity index (χ2n) is 5.71. The van der Waals surface area contributed by atoms with Crippen molar-refractivity contribution in [1.29, 1.82) is 0 Å². The molecule has 0 aliphatic carbocycles. The number of rotatable bonds is 3. The number of aromatic nitrogens is 1. The van der Waals surface area contributed by atoms with Crippen LogP contribution < -0.4 is 4.90 Å². The summed E-state index contributed by atoms with van der Waals surface area (Å²) in [7, 11) is 5.97. The number of anilines is 1. The standard InChI is InChI=1S/C15H24N4O.C2H6/c1-12-5-6-14(13(16-12)11-17(2)3)19-8-7-15(20)18(4)9-10-19;1-2/h5-6H,7-11H2,1-4H3;1-2H3. The molecule has 1 aliphatic rings. The Morgan fingerprint density at radius 2 is 1.86 bits per heavy atom. The van der Waals surface area contributed by atoms with Crippen molar-refractivity contribution in [3.63, 3.8) is 0 Å². The molecule has 1 fully saturated rings. The molecule has 5 heteroatoms. The summed E-state index contributed by atoms with van der Waals surface area (Å²) in [4.78, 5) is 22.7. The number of likely N-dealkylation sites (N-methyl/N-ethyl adjacent to an activating group) is 1. The van der Waals surface area contributed by atoms with Crippen LogP contribution in [0.5, 0.6) is 0 Å². The molecule has 22 heavy (non-hydrogen) atoms. The summed E-state index contributed by atoms with van der Waals surface area (Å²) >= 11 is 0. The SMILES string of the molecule is CC.Cc1ccc(N2CCC(=O)N(C)CC2)c(CN(C)C)n1. The first-order chi connectivity index (χ1) is 10.5. The van der Waals surface area contributed by atoms with E-state index in [0.29, 0.717) is 6.42 Å². The van der Waals surface area contributed by atoms with Gasteiger partial charge in [-0.25, -0.2) is 0 Å². The van der Waals surface area contributed by atoms with Gasteiger partial charge >= 0.3 is 0 Å². The van der Waals surface area contributed by atoms with Crippen molar-refractivity contribution in [1.82, 2.24) is 14.8 Å². The van der Waals surface area contributed by atoms with Crippen molar-refractivity contribution in [2.45, 2.75) is 33.7 Å². The van der Waals surface area contributed by atoms with E-state index < -0.39 is 0 Å². The Morgan fingerprint density at radius 3 is 2.50 bits per heavy atom. The largest absolute Gasteiger partial charge is 0.368 e. The van der Waals surface area contributed by atoms with E-state index in [-0.39, 0.29) is 5.91 Å². The molecule has 5 nitrogen and oxygen atoms in total. The van der Waals surface area contributed by atoms with E-state index in [1.54, 1.807) is 0 Å². The highest BCUT2D eigenvalue weighted by Gasteiger charge is 2.20. The van der Waals surface area contributed by atoms with Gasteiger partial charge in [0.1, 0.15) is 0 Å². The highest BCUT2D eigenvalue weighted by atomic mass is 16.2. The zero-order valence-electron chi connectivity index (χ0n) is 14.9. The molecule has 0 aromatic carbocycles. The first kappa shape index (κ1) is 18.4. The normalized spacial score (nSPS) is 15.5. The maximum absolute atomic E-state index is 11.8. The van der Waals surface area contributed by atoms with E-state index in [1.807, 2.05) is 52.9 Å². The van der Waals surface area contributed by atoms with Gasteiger partial charge in [0, 0.05) is 45.3 Å². The van der Waals surface area contributed by atoms with Crippen LogP contribution in [0.1, 0.15) is 31.7 Å². The number of nitrogens with zero attached hydrogens (tertiary/aromatic N) is 4. The third-order valence-corrected chi connectivity index (χ3v) is 3.62. The maximum Gasteiger partial charge on any atom is 0.224 e. The number of hydrogen-bond donors (Lipinski definition) is 0. The van der Waals surface area contributed by atoms with Crippen LogP contribution in [0.2, 0.25) is 0 Å². The molecule has 1 aromatic rings. The lowest BCUT2D eigenvalue weighted by molar-refractivity contribution is -0.129. The van der Waals surface area contributed by atoms with Crippen molar-refractivity contribution in [2.75, 3.05) is 45.7 Å². The van der Waals surface area contributed by atoms with Crippen molar-refractivity contribution in [3.8, 4) is 0 Å². The molecule has 124 valence electrons. The molecule has 0 bridgehead atoms. The third kappa shape index (κ3) is 4.98. The average Bonchev–Trinajstić information content (AvgIpc) is 2.64. The minimum Gasteiger partial charge on any atom is -0.368 e. The number of carbonyl (C=O) groups is 1. The number of amides is 1. The van der Waals surface area contributed by atoms with Crippen LogP contribution in [0.15, 0.2) is 12.1 Å². The predicted octanol–water partition coefficient (Wildman–Crippen LogP) is 2.15. The van der Waals surface area contributed by atoms with Gasteiger partial charge in [0.15, 0.2) is 0 Å². The Labute approximate surface area is 134 Å². The van der Waals surface area contributed by atoms with Gasteiger partial charge in [0.25, 0.3) is 0 Å². The van der Waals surface area contributed by atoms with E-state index in [1.165, 1.54) is 0 Å². The highest BCUT2D eigenvalue weighted by molar-refractivity contribution is 5.77. The second kappa shape index (κ2) is 8.73. The van der Waals surface area contributed by atoms with E-state index in [4.69, 9.17) is 0 Å². The fourth-order valence-corrected chi connectivity index (χ4v) is 2.48. The summed E-state index contributed by atoms with van der Waals surface area (Å²) in [6, 6.07) is 4.18. The van der Waals surface area contributed by atoms with Crippen molar-refractivity contribution in [3.05, 3.63) is 23.5 Å². The lowest BCUT2D eigenvalue weighted by Gasteiger charge is -2.26. The molecule has 1 saturated heterocycles. The molecule has 0 atom stereocenters. The number of carbonyl (C=O) groups excluding carboxylic acids is 1. The highest BCUT2D eigenvalue weighted by Crippen LogP contribution is 2.22. The summed E-state index contributed by atoms with van der Waals surface area (Å²) in [6.45, 7) is 9.25. The van der Waals surface area contributed by atoms with Crippen LogP contribution in [0, 0.1) is 6.92 Å². The Bertz CT molecular complexity index is 488. The summed E-state index contributed by atoms with van der Waals surface area (Å²) in [5.74, 6) is 0.224. The topological polar surface area (TPSA) is 39.7 Å². The summed E-state index contributed by atoms with van der Waals surface area (Å²) in [5, 5.41) is 0. The van der Waals surface area contributed by atoms with Crippen LogP contribution in [0.25, 0.3) is 0 Å². The Kier molecular flexibility index (Phi) is 7.32. The van der Waals surface area contributed by atoms with Crippen LogP contribution in [0.4, 0.5) is 5.69 Å². The van der Waals surface area contributed by atoms with Gasteiger partial charge < -0.3 is 14.7 Å². The Morgan fingerprint density at radius 1 is 1.18 bits per heavy atom. The molecular formula is C17H30N4O. The quantitative estimate of drug-likeness (QED) is 0.858. The average molecular weight is 306 g/mol. The summed E-state index contributed by atoms with van der Waals surface area (Å²) < 4.78 is 0. The van der Waals surface area contributed by atoms with Crippen LogP contribution >= 0.6 is 0 Å². The van der Waals surface area contributed by atoms with Crippen LogP contribution in [0.3, 0.4) is 0 Å². The van der Waals surface area contributed by atoms with Gasteiger partial charge in [-0.05, 0) is 33.2 Å². The fraction of sp³-hybridized carbons (Fsp3) is 0.647. The summed E-state index contributed by atoms with van der Waals surface area (Å²) in [6.07, 6.45) is 0.575. The minimum absolute atomic E-state index is 0.224. The molecule has 2 heterocycles. The first-order valence-corrected chi connectivity index (χ1v) is 8.07. The molecule has 0 radical (unpaired) electrons. The van der Waals surface area contributed by atoms with Gasteiger partial charge in [0.05, 0.1) is 11.4 Å². The van der Waals surface area contributed by atoms with E-state index >= 15 is 0 Å². The van der Waals surface area contributed by atoms with Gasteiger partial charge in [-0.3, -0.25) is 9.78 Å². The molecule has 0 N–H and O–H groups in total. The third-order valence-electron chi connectivity index (χ3n) is 3.62. The molecular weight excluding hydrogens is 276 g/mol. The molecule has 1 amide bonds.